The van der Waals surface area contributed by atoms with Gasteiger partial charge in [0, 0.05) is 11.6 Å². The largest absolute Gasteiger partial charge is 0.457 e. The average Bonchev–Trinajstić information content (AvgIpc) is 2.56. The highest BCUT2D eigenvalue weighted by molar-refractivity contribution is 6.31. The summed E-state index contributed by atoms with van der Waals surface area (Å²) in [5.74, 6) is 0.922. The second kappa shape index (κ2) is 8.13. The third-order valence-electron chi connectivity index (χ3n) is 3.86. The highest BCUT2D eigenvalue weighted by atomic mass is 35.5. The maximum absolute atomic E-state index is 13.9. The summed E-state index contributed by atoms with van der Waals surface area (Å²) >= 11 is 6.11. The van der Waals surface area contributed by atoms with Crippen molar-refractivity contribution in [2.45, 2.75) is 27.2 Å². The van der Waals surface area contributed by atoms with Gasteiger partial charge in [-0.2, -0.15) is 5.48 Å². The predicted octanol–water partition coefficient (Wildman–Crippen LogP) is 4.42. The van der Waals surface area contributed by atoms with Crippen LogP contribution in [-0.2, 0) is 16.1 Å². The molecule has 24 heavy (non-hydrogen) atoms. The average molecular weight is 352 g/mol. The molecule has 0 bridgehead atoms. The van der Waals surface area contributed by atoms with Crippen LogP contribution >= 0.6 is 11.6 Å². The van der Waals surface area contributed by atoms with Crippen LogP contribution in [0.25, 0.3) is 0 Å². The summed E-state index contributed by atoms with van der Waals surface area (Å²) < 4.78 is 19.9. The van der Waals surface area contributed by atoms with E-state index in [9.17, 15) is 9.18 Å². The SMILES string of the molecule is Cc1cc(Oc2ccc(Cl)c(C)c2C)c(CCNOC=O)cc1F. The second-order valence-electron chi connectivity index (χ2n) is 5.47. The molecular weight excluding hydrogens is 333 g/mol. The number of hydrogen-bond donors (Lipinski definition) is 1. The van der Waals surface area contributed by atoms with E-state index in [1.807, 2.05) is 13.8 Å². The first-order valence-corrected chi connectivity index (χ1v) is 7.86. The summed E-state index contributed by atoms with van der Waals surface area (Å²) in [6.45, 7) is 6.16. The molecule has 0 saturated heterocycles. The normalized spacial score (nSPS) is 10.5. The van der Waals surface area contributed by atoms with Crippen molar-refractivity contribution < 1.29 is 18.8 Å². The maximum Gasteiger partial charge on any atom is 0.312 e. The highest BCUT2D eigenvalue weighted by Crippen LogP contribution is 2.33. The molecular formula is C18H19ClFNO3. The van der Waals surface area contributed by atoms with Crippen LogP contribution in [0.2, 0.25) is 5.02 Å². The molecule has 0 atom stereocenters. The molecule has 1 N–H and O–H groups in total. The highest BCUT2D eigenvalue weighted by Gasteiger charge is 2.12. The van der Waals surface area contributed by atoms with Gasteiger partial charge in [-0.05, 0) is 73.7 Å². The number of rotatable bonds is 7. The Labute approximate surface area is 145 Å². The molecule has 0 unspecified atom stereocenters. The Balaban J connectivity index is 2.29. The first-order valence-electron chi connectivity index (χ1n) is 7.48. The van der Waals surface area contributed by atoms with Crippen molar-refractivity contribution >= 4 is 18.1 Å². The lowest BCUT2D eigenvalue weighted by molar-refractivity contribution is -0.135. The Morgan fingerprint density at radius 3 is 2.62 bits per heavy atom. The second-order valence-corrected chi connectivity index (χ2v) is 5.87. The lowest BCUT2D eigenvalue weighted by Crippen LogP contribution is -2.17. The molecule has 0 heterocycles. The van der Waals surface area contributed by atoms with Crippen LogP contribution in [0.1, 0.15) is 22.3 Å². The standard InChI is InChI=1S/C18H19ClFNO3/c1-11-8-18(14(9-16(11)20)6-7-21-23-10-22)24-17-5-4-15(19)12(2)13(17)3/h4-5,8-10,21H,6-7H2,1-3H3. The molecule has 2 aromatic carbocycles. The van der Waals surface area contributed by atoms with Crippen molar-refractivity contribution in [2.75, 3.05) is 6.54 Å². The molecule has 0 aliphatic carbocycles. The van der Waals surface area contributed by atoms with Gasteiger partial charge < -0.3 is 9.57 Å². The Hall–Kier alpha value is -2.11. The van der Waals surface area contributed by atoms with Crippen LogP contribution in [0.4, 0.5) is 4.39 Å². The van der Waals surface area contributed by atoms with E-state index in [1.54, 1.807) is 25.1 Å². The van der Waals surface area contributed by atoms with Crippen molar-refractivity contribution in [1.29, 1.82) is 0 Å². The van der Waals surface area contributed by atoms with Gasteiger partial charge in [-0.3, -0.25) is 4.79 Å². The lowest BCUT2D eigenvalue weighted by atomic mass is 10.1. The van der Waals surface area contributed by atoms with E-state index >= 15 is 0 Å². The molecule has 0 fully saturated rings. The van der Waals surface area contributed by atoms with E-state index in [0.29, 0.717) is 47.1 Å². The van der Waals surface area contributed by atoms with Crippen LogP contribution in [0.15, 0.2) is 24.3 Å². The van der Waals surface area contributed by atoms with E-state index in [0.717, 1.165) is 11.1 Å². The number of hydrogen-bond acceptors (Lipinski definition) is 4. The first-order chi connectivity index (χ1) is 11.4. The van der Waals surface area contributed by atoms with Crippen molar-refractivity contribution in [1.82, 2.24) is 5.48 Å². The number of benzene rings is 2. The zero-order chi connectivity index (χ0) is 17.7. The number of carbonyl (C=O) groups excluding carboxylic acids is 1. The van der Waals surface area contributed by atoms with Crippen molar-refractivity contribution in [3.63, 3.8) is 0 Å². The fraction of sp³-hybridized carbons (Fsp3) is 0.278. The van der Waals surface area contributed by atoms with Crippen LogP contribution in [0.3, 0.4) is 0 Å². The number of carbonyl (C=O) groups is 1. The summed E-state index contributed by atoms with van der Waals surface area (Å²) in [4.78, 5) is 14.6. The van der Waals surface area contributed by atoms with Gasteiger partial charge in [0.1, 0.15) is 17.3 Å². The summed E-state index contributed by atoms with van der Waals surface area (Å²) in [6.07, 6.45) is 0.437. The van der Waals surface area contributed by atoms with Crippen molar-refractivity contribution in [3.05, 3.63) is 57.4 Å². The molecule has 0 spiro atoms. The van der Waals surface area contributed by atoms with Crippen LogP contribution < -0.4 is 10.2 Å². The number of aryl methyl sites for hydroxylation is 1. The molecule has 2 rings (SSSR count). The first kappa shape index (κ1) is 18.2. The van der Waals surface area contributed by atoms with Gasteiger partial charge in [0.05, 0.1) is 0 Å². The quantitative estimate of drug-likeness (QED) is 0.456. The molecule has 2 aromatic rings. The molecule has 0 saturated carbocycles. The number of nitrogens with one attached hydrogen (secondary N) is 1. The Morgan fingerprint density at radius 1 is 1.17 bits per heavy atom. The van der Waals surface area contributed by atoms with Crippen LogP contribution in [0, 0.1) is 26.6 Å². The zero-order valence-corrected chi connectivity index (χ0v) is 14.5. The Bertz CT molecular complexity index is 750. The smallest absolute Gasteiger partial charge is 0.312 e. The number of halogens is 2. The minimum atomic E-state index is -0.308. The van der Waals surface area contributed by atoms with Gasteiger partial charge >= 0.3 is 6.47 Å². The van der Waals surface area contributed by atoms with Crippen molar-refractivity contribution in [2.24, 2.45) is 0 Å². The van der Waals surface area contributed by atoms with E-state index in [-0.39, 0.29) is 5.82 Å². The summed E-state index contributed by atoms with van der Waals surface area (Å²) in [5, 5.41) is 0.672. The fourth-order valence-corrected chi connectivity index (χ4v) is 2.46. The van der Waals surface area contributed by atoms with Gasteiger partial charge in [-0.1, -0.05) is 11.6 Å². The van der Waals surface area contributed by atoms with Gasteiger partial charge in [0.25, 0.3) is 0 Å². The minimum Gasteiger partial charge on any atom is -0.457 e. The van der Waals surface area contributed by atoms with E-state index in [2.05, 4.69) is 10.3 Å². The summed E-state index contributed by atoms with van der Waals surface area (Å²) in [5.41, 5.74) is 5.51. The number of hydroxylamine groups is 1. The maximum atomic E-state index is 13.9. The molecule has 4 nitrogen and oxygen atoms in total. The topological polar surface area (TPSA) is 47.6 Å². The summed E-state index contributed by atoms with van der Waals surface area (Å²) in [6, 6.07) is 6.66. The van der Waals surface area contributed by atoms with E-state index in [4.69, 9.17) is 16.3 Å². The molecule has 128 valence electrons. The van der Waals surface area contributed by atoms with Crippen molar-refractivity contribution in [3.8, 4) is 11.5 Å². The van der Waals surface area contributed by atoms with Crippen LogP contribution in [-0.4, -0.2) is 13.0 Å². The third-order valence-corrected chi connectivity index (χ3v) is 4.27. The molecule has 0 radical (unpaired) electrons. The number of ether oxygens (including phenoxy) is 1. The van der Waals surface area contributed by atoms with Gasteiger partial charge in [-0.15, -0.1) is 0 Å². The molecule has 0 amide bonds. The van der Waals surface area contributed by atoms with Gasteiger partial charge in [0.2, 0.25) is 0 Å². The predicted molar refractivity (Wildman–Crippen MR) is 91.0 cm³/mol. The third kappa shape index (κ3) is 4.24. The van der Waals surface area contributed by atoms with E-state index in [1.165, 1.54) is 6.07 Å². The van der Waals surface area contributed by atoms with Crippen LogP contribution in [0.5, 0.6) is 11.5 Å². The van der Waals surface area contributed by atoms with Gasteiger partial charge in [-0.25, -0.2) is 4.39 Å². The van der Waals surface area contributed by atoms with Gasteiger partial charge in [0.15, 0.2) is 0 Å². The monoisotopic (exact) mass is 351 g/mol. The molecule has 6 heteroatoms. The van der Waals surface area contributed by atoms with E-state index < -0.39 is 0 Å². The molecule has 0 aromatic heterocycles. The fourth-order valence-electron chi connectivity index (χ4n) is 2.26. The Kier molecular flexibility index (Phi) is 6.17. The molecule has 0 aliphatic rings. The molecule has 0 aliphatic heterocycles. The minimum absolute atomic E-state index is 0.299. The lowest BCUT2D eigenvalue weighted by Gasteiger charge is -2.16. The Morgan fingerprint density at radius 2 is 1.92 bits per heavy atom. The zero-order valence-electron chi connectivity index (χ0n) is 13.8. The summed E-state index contributed by atoms with van der Waals surface area (Å²) in [7, 11) is 0.